The first-order valence-corrected chi connectivity index (χ1v) is 5.52. The molecule has 0 spiro atoms. The van der Waals surface area contributed by atoms with Gasteiger partial charge in [0.05, 0.1) is 24.5 Å². The number of aryl methyl sites for hydroxylation is 1. The van der Waals surface area contributed by atoms with E-state index in [1.165, 1.54) is 0 Å². The Kier molecular flexibility index (Phi) is 5.18. The van der Waals surface area contributed by atoms with Crippen molar-refractivity contribution in [2.75, 3.05) is 6.61 Å². The highest BCUT2D eigenvalue weighted by atomic mass is 35.5. The van der Waals surface area contributed by atoms with Crippen molar-refractivity contribution in [3.63, 3.8) is 0 Å². The summed E-state index contributed by atoms with van der Waals surface area (Å²) in [6.07, 6.45) is 4.65. The van der Waals surface area contributed by atoms with Gasteiger partial charge in [-0.1, -0.05) is 0 Å². The summed E-state index contributed by atoms with van der Waals surface area (Å²) in [7, 11) is 0. The summed E-state index contributed by atoms with van der Waals surface area (Å²) in [5.41, 5.74) is 0.973. The lowest BCUT2D eigenvalue weighted by atomic mass is 10.3. The minimum atomic E-state index is -0.148. The minimum absolute atomic E-state index is 0.148. The molecule has 4 nitrogen and oxygen atoms in total. The van der Waals surface area contributed by atoms with Crippen LogP contribution >= 0.6 is 11.6 Å². The second kappa shape index (κ2) is 6.45. The lowest BCUT2D eigenvalue weighted by Crippen LogP contribution is -2.07. The van der Waals surface area contributed by atoms with Crippen LogP contribution in [0.5, 0.6) is 0 Å². The van der Waals surface area contributed by atoms with Gasteiger partial charge in [0.15, 0.2) is 0 Å². The predicted molar refractivity (Wildman–Crippen MR) is 57.7 cm³/mol. The quantitative estimate of drug-likeness (QED) is 0.554. The Balaban J connectivity index is 2.28. The van der Waals surface area contributed by atoms with E-state index in [-0.39, 0.29) is 5.97 Å². The normalized spacial score (nSPS) is 10.3. The Morgan fingerprint density at radius 3 is 3.13 bits per heavy atom. The predicted octanol–water partition coefficient (Wildman–Crippen LogP) is 1.97. The van der Waals surface area contributed by atoms with Gasteiger partial charge in [-0.2, -0.15) is 0 Å². The fourth-order valence-electron chi connectivity index (χ4n) is 1.29. The number of carbonyl (C=O) groups excluding carboxylic acids is 1. The van der Waals surface area contributed by atoms with Gasteiger partial charge in [-0.15, -0.1) is 11.6 Å². The van der Waals surface area contributed by atoms with Crippen LogP contribution in [0.1, 0.15) is 25.5 Å². The Morgan fingerprint density at radius 1 is 1.67 bits per heavy atom. The summed E-state index contributed by atoms with van der Waals surface area (Å²) in [5, 5.41) is 0. The Morgan fingerprint density at radius 2 is 2.47 bits per heavy atom. The minimum Gasteiger partial charge on any atom is -0.466 e. The smallest absolute Gasteiger partial charge is 0.305 e. The van der Waals surface area contributed by atoms with Crippen molar-refractivity contribution in [2.45, 2.75) is 32.2 Å². The van der Waals surface area contributed by atoms with Gasteiger partial charge < -0.3 is 9.30 Å². The molecule has 0 aliphatic heterocycles. The third-order valence-corrected chi connectivity index (χ3v) is 2.29. The molecule has 1 rings (SSSR count). The topological polar surface area (TPSA) is 44.1 Å². The van der Waals surface area contributed by atoms with Crippen LogP contribution in [0.25, 0.3) is 0 Å². The number of nitrogens with zero attached hydrogens (tertiary/aromatic N) is 2. The monoisotopic (exact) mass is 230 g/mol. The van der Waals surface area contributed by atoms with Crippen LogP contribution in [-0.4, -0.2) is 22.1 Å². The molecule has 0 fully saturated rings. The Hall–Kier alpha value is -1.03. The first-order chi connectivity index (χ1) is 7.27. The highest BCUT2D eigenvalue weighted by molar-refractivity contribution is 6.16. The standard InChI is InChI=1S/C10H15ClN2O2/c1-2-15-10(14)4-3-5-13-8-12-7-9(13)6-11/h7-8H,2-6H2,1H3. The molecule has 0 bridgehead atoms. The maximum absolute atomic E-state index is 11.1. The van der Waals surface area contributed by atoms with Crippen LogP contribution in [0, 0.1) is 0 Å². The van der Waals surface area contributed by atoms with Crippen molar-refractivity contribution >= 4 is 17.6 Å². The lowest BCUT2D eigenvalue weighted by molar-refractivity contribution is -0.143. The van der Waals surface area contributed by atoms with E-state index >= 15 is 0 Å². The van der Waals surface area contributed by atoms with Crippen molar-refractivity contribution < 1.29 is 9.53 Å². The van der Waals surface area contributed by atoms with Crippen LogP contribution in [0.4, 0.5) is 0 Å². The van der Waals surface area contributed by atoms with E-state index in [1.54, 1.807) is 19.4 Å². The van der Waals surface area contributed by atoms with E-state index in [0.717, 1.165) is 18.7 Å². The third kappa shape index (κ3) is 3.91. The summed E-state index contributed by atoms with van der Waals surface area (Å²) < 4.78 is 6.78. The van der Waals surface area contributed by atoms with Crippen molar-refractivity contribution in [1.82, 2.24) is 9.55 Å². The van der Waals surface area contributed by atoms with Crippen LogP contribution in [0.2, 0.25) is 0 Å². The molecule has 0 aliphatic rings. The molecule has 1 heterocycles. The fourth-order valence-corrected chi connectivity index (χ4v) is 1.51. The van der Waals surface area contributed by atoms with E-state index < -0.39 is 0 Å². The molecule has 0 saturated carbocycles. The average Bonchev–Trinajstić information content (AvgIpc) is 2.66. The summed E-state index contributed by atoms with van der Waals surface area (Å²) in [6, 6.07) is 0. The first kappa shape index (κ1) is 12.0. The Labute approximate surface area is 94.2 Å². The fraction of sp³-hybridized carbons (Fsp3) is 0.600. The number of imidazole rings is 1. The molecule has 84 valence electrons. The molecule has 0 aromatic carbocycles. The van der Waals surface area contributed by atoms with Gasteiger partial charge in [0.2, 0.25) is 0 Å². The van der Waals surface area contributed by atoms with Crippen LogP contribution in [0.15, 0.2) is 12.5 Å². The molecule has 0 unspecified atom stereocenters. The van der Waals surface area contributed by atoms with Crippen molar-refractivity contribution in [3.05, 3.63) is 18.2 Å². The molecular weight excluding hydrogens is 216 g/mol. The van der Waals surface area contributed by atoms with Gasteiger partial charge in [0.25, 0.3) is 0 Å². The summed E-state index contributed by atoms with van der Waals surface area (Å²) >= 11 is 5.71. The van der Waals surface area contributed by atoms with Gasteiger partial charge in [-0.3, -0.25) is 4.79 Å². The number of halogens is 1. The maximum Gasteiger partial charge on any atom is 0.305 e. The molecule has 5 heteroatoms. The van der Waals surface area contributed by atoms with E-state index in [1.807, 2.05) is 4.57 Å². The SMILES string of the molecule is CCOC(=O)CCCn1cncc1CCl. The zero-order chi connectivity index (χ0) is 11.1. The van der Waals surface area contributed by atoms with Crippen LogP contribution in [0.3, 0.4) is 0 Å². The summed E-state index contributed by atoms with van der Waals surface area (Å²) in [6.45, 7) is 3.00. The van der Waals surface area contributed by atoms with Gasteiger partial charge >= 0.3 is 5.97 Å². The molecule has 0 aliphatic carbocycles. The highest BCUT2D eigenvalue weighted by Gasteiger charge is 2.03. The van der Waals surface area contributed by atoms with Gasteiger partial charge in [-0.25, -0.2) is 4.98 Å². The second-order valence-electron chi connectivity index (χ2n) is 3.12. The summed E-state index contributed by atoms with van der Waals surface area (Å²) in [5.74, 6) is 0.296. The largest absolute Gasteiger partial charge is 0.466 e. The van der Waals surface area contributed by atoms with Gasteiger partial charge in [0.1, 0.15) is 0 Å². The number of ether oxygens (including phenoxy) is 1. The van der Waals surface area contributed by atoms with Crippen molar-refractivity contribution in [1.29, 1.82) is 0 Å². The molecule has 1 aromatic rings. The van der Waals surface area contributed by atoms with Gasteiger partial charge in [0, 0.05) is 19.2 Å². The molecule has 0 saturated heterocycles. The number of hydrogen-bond donors (Lipinski definition) is 0. The zero-order valence-corrected chi connectivity index (χ0v) is 9.54. The molecule has 15 heavy (non-hydrogen) atoms. The number of alkyl halides is 1. The third-order valence-electron chi connectivity index (χ3n) is 2.02. The lowest BCUT2D eigenvalue weighted by Gasteiger charge is -2.05. The molecule has 0 N–H and O–H groups in total. The zero-order valence-electron chi connectivity index (χ0n) is 8.78. The van der Waals surface area contributed by atoms with E-state index in [0.29, 0.717) is 18.9 Å². The van der Waals surface area contributed by atoms with E-state index in [2.05, 4.69) is 4.98 Å². The second-order valence-corrected chi connectivity index (χ2v) is 3.39. The van der Waals surface area contributed by atoms with E-state index in [9.17, 15) is 4.79 Å². The molecule has 0 amide bonds. The first-order valence-electron chi connectivity index (χ1n) is 4.98. The average molecular weight is 231 g/mol. The van der Waals surface area contributed by atoms with Crippen molar-refractivity contribution in [3.8, 4) is 0 Å². The number of rotatable bonds is 6. The number of esters is 1. The molecule has 0 radical (unpaired) electrons. The number of aromatic nitrogens is 2. The van der Waals surface area contributed by atoms with Crippen LogP contribution in [-0.2, 0) is 22.0 Å². The highest BCUT2D eigenvalue weighted by Crippen LogP contribution is 2.05. The van der Waals surface area contributed by atoms with Crippen molar-refractivity contribution in [2.24, 2.45) is 0 Å². The summed E-state index contributed by atoms with van der Waals surface area (Å²) in [4.78, 5) is 15.0. The molecular formula is C10H15ClN2O2. The van der Waals surface area contributed by atoms with Gasteiger partial charge in [-0.05, 0) is 13.3 Å². The number of carbonyl (C=O) groups is 1. The van der Waals surface area contributed by atoms with Crippen LogP contribution < -0.4 is 0 Å². The Bertz CT molecular complexity index is 312. The van der Waals surface area contributed by atoms with E-state index in [4.69, 9.17) is 16.3 Å². The molecule has 0 atom stereocenters. The maximum atomic E-state index is 11.1. The molecule has 1 aromatic heterocycles. The number of hydrogen-bond acceptors (Lipinski definition) is 3.